The van der Waals surface area contributed by atoms with Crippen LogP contribution >= 0.6 is 0 Å². The highest BCUT2D eigenvalue weighted by atomic mass is 16.5. The molecule has 3 fully saturated rings. The number of aliphatic carboxylic acids is 1. The molecule has 4 heteroatoms. The Morgan fingerprint density at radius 1 is 1.11 bits per heavy atom. The second-order valence-corrected chi connectivity index (χ2v) is 10.2. The molecule has 0 radical (unpaired) electrons. The van der Waals surface area contributed by atoms with Crippen LogP contribution in [-0.2, 0) is 9.53 Å². The monoisotopic (exact) mass is 392 g/mol. The lowest BCUT2D eigenvalue weighted by atomic mass is 9.47. The van der Waals surface area contributed by atoms with E-state index in [4.69, 9.17) is 9.84 Å². The van der Waals surface area contributed by atoms with Crippen LogP contribution in [-0.4, -0.2) is 35.0 Å². The summed E-state index contributed by atoms with van der Waals surface area (Å²) in [5, 5.41) is 19.4. The van der Waals surface area contributed by atoms with Gasteiger partial charge in [-0.2, -0.15) is 0 Å². The minimum atomic E-state index is -0.887. The number of hydrogen-bond acceptors (Lipinski definition) is 3. The second kappa shape index (κ2) is 8.47. The number of carbonyl (C=O) groups is 1. The highest BCUT2D eigenvalue weighted by Crippen LogP contribution is 2.65. The molecule has 0 amide bonds. The zero-order valence-electron chi connectivity index (χ0n) is 18.2. The number of carboxylic acid groups (broad SMARTS) is 1. The predicted molar refractivity (Wildman–Crippen MR) is 111 cm³/mol. The molecule has 0 saturated heterocycles. The van der Waals surface area contributed by atoms with Gasteiger partial charge in [-0.05, 0) is 80.0 Å². The predicted octanol–water partition coefficient (Wildman–Crippen LogP) is 5.20. The molecule has 3 saturated carbocycles. The third kappa shape index (κ3) is 3.79. The van der Waals surface area contributed by atoms with Gasteiger partial charge >= 0.3 is 5.97 Å². The summed E-state index contributed by atoms with van der Waals surface area (Å²) in [7, 11) is 0. The van der Waals surface area contributed by atoms with Crippen molar-refractivity contribution < 1.29 is 19.7 Å². The van der Waals surface area contributed by atoms with Crippen LogP contribution in [0.4, 0.5) is 0 Å². The number of aliphatic hydroxyl groups excluding tert-OH is 1. The molecule has 0 aromatic heterocycles. The Labute approximate surface area is 170 Å². The van der Waals surface area contributed by atoms with Crippen molar-refractivity contribution in [2.24, 2.45) is 28.6 Å². The average Bonchev–Trinajstić information content (AvgIpc) is 2.95. The summed E-state index contributed by atoms with van der Waals surface area (Å²) in [6.07, 6.45) is 12.3. The standard InChI is InChI=1S/C21H32O4.C3H8/c1-20-9-7-14(25-12-19(23)24)11-13(20)3-4-15-16-5-6-18(22)21(16,2)10-8-17(15)20;1-3-2/h11,14-18,22H,3-10,12H2,1-2H3,(H,23,24);3H2,1-2H3/t14-,15?,16?,17?,18?,20?,21?;/m1./s1. The van der Waals surface area contributed by atoms with Gasteiger partial charge in [-0.15, -0.1) is 0 Å². The number of fused-ring (bicyclic) bond motifs is 5. The molecule has 0 heterocycles. The molecular weight excluding hydrogens is 352 g/mol. The molecule has 0 aliphatic heterocycles. The Morgan fingerprint density at radius 2 is 1.82 bits per heavy atom. The van der Waals surface area contributed by atoms with Gasteiger partial charge in [0.1, 0.15) is 6.61 Å². The molecule has 0 aromatic rings. The number of rotatable bonds is 3. The van der Waals surface area contributed by atoms with Crippen molar-refractivity contribution in [3.8, 4) is 0 Å². The fourth-order valence-corrected chi connectivity index (χ4v) is 6.98. The number of ether oxygens (including phenoxy) is 1. The van der Waals surface area contributed by atoms with Crippen molar-refractivity contribution in [1.29, 1.82) is 0 Å². The van der Waals surface area contributed by atoms with Gasteiger partial charge in [0.15, 0.2) is 0 Å². The Kier molecular flexibility index (Phi) is 6.61. The van der Waals surface area contributed by atoms with Gasteiger partial charge in [-0.3, -0.25) is 0 Å². The minimum Gasteiger partial charge on any atom is -0.480 e. The van der Waals surface area contributed by atoms with Crippen LogP contribution in [0, 0.1) is 28.6 Å². The van der Waals surface area contributed by atoms with Gasteiger partial charge in [0, 0.05) is 0 Å². The maximum absolute atomic E-state index is 10.8. The molecule has 0 bridgehead atoms. The summed E-state index contributed by atoms with van der Waals surface area (Å²) in [6, 6.07) is 0. The molecule has 0 spiro atoms. The van der Waals surface area contributed by atoms with Crippen molar-refractivity contribution in [2.75, 3.05) is 6.61 Å². The Hall–Kier alpha value is -0.870. The lowest BCUT2D eigenvalue weighted by molar-refractivity contribution is -0.144. The molecule has 7 atom stereocenters. The first-order valence-corrected chi connectivity index (χ1v) is 11.5. The van der Waals surface area contributed by atoms with E-state index in [0.29, 0.717) is 5.92 Å². The first-order valence-electron chi connectivity index (χ1n) is 11.5. The normalized spacial score (nSPS) is 44.3. The molecule has 0 aromatic carbocycles. The van der Waals surface area contributed by atoms with E-state index in [1.165, 1.54) is 31.3 Å². The molecule has 4 aliphatic carbocycles. The topological polar surface area (TPSA) is 66.8 Å². The first kappa shape index (κ1) is 21.8. The zero-order valence-corrected chi connectivity index (χ0v) is 18.2. The van der Waals surface area contributed by atoms with Crippen molar-refractivity contribution in [3.63, 3.8) is 0 Å². The Morgan fingerprint density at radius 3 is 2.50 bits per heavy atom. The van der Waals surface area contributed by atoms with Crippen LogP contribution in [0.5, 0.6) is 0 Å². The van der Waals surface area contributed by atoms with E-state index in [-0.39, 0.29) is 29.6 Å². The average molecular weight is 393 g/mol. The van der Waals surface area contributed by atoms with Gasteiger partial charge in [0.2, 0.25) is 0 Å². The van der Waals surface area contributed by atoms with E-state index in [9.17, 15) is 9.90 Å². The van der Waals surface area contributed by atoms with E-state index in [1.807, 2.05) is 0 Å². The molecule has 4 aliphatic rings. The number of hydrogen-bond donors (Lipinski definition) is 2. The summed E-state index contributed by atoms with van der Waals surface area (Å²) in [6.45, 7) is 8.82. The van der Waals surface area contributed by atoms with E-state index in [0.717, 1.165) is 43.9 Å². The first-order chi connectivity index (χ1) is 13.3. The van der Waals surface area contributed by atoms with Crippen molar-refractivity contribution in [1.82, 2.24) is 0 Å². The fraction of sp³-hybridized carbons (Fsp3) is 0.875. The highest BCUT2D eigenvalue weighted by Gasteiger charge is 2.58. The summed E-state index contributed by atoms with van der Waals surface area (Å²) in [4.78, 5) is 10.8. The molecule has 160 valence electrons. The third-order valence-electron chi connectivity index (χ3n) is 8.44. The fourth-order valence-electron chi connectivity index (χ4n) is 6.98. The van der Waals surface area contributed by atoms with E-state index in [2.05, 4.69) is 33.8 Å². The van der Waals surface area contributed by atoms with Gasteiger partial charge in [0.25, 0.3) is 0 Å². The molecule has 4 nitrogen and oxygen atoms in total. The Balaban J connectivity index is 0.000000706. The minimum absolute atomic E-state index is 0.0297. The summed E-state index contributed by atoms with van der Waals surface area (Å²) >= 11 is 0. The lowest BCUT2D eigenvalue weighted by Crippen LogP contribution is -2.51. The van der Waals surface area contributed by atoms with Crippen LogP contribution in [0.25, 0.3) is 0 Å². The maximum atomic E-state index is 10.8. The van der Waals surface area contributed by atoms with Crippen LogP contribution in [0.1, 0.15) is 85.5 Å². The number of aliphatic hydroxyl groups is 1. The van der Waals surface area contributed by atoms with Crippen molar-refractivity contribution in [2.45, 2.75) is 97.7 Å². The maximum Gasteiger partial charge on any atom is 0.329 e. The molecule has 4 rings (SSSR count). The second-order valence-electron chi connectivity index (χ2n) is 10.2. The molecule has 28 heavy (non-hydrogen) atoms. The smallest absolute Gasteiger partial charge is 0.329 e. The Bertz CT molecular complexity index is 599. The van der Waals surface area contributed by atoms with Crippen LogP contribution < -0.4 is 0 Å². The van der Waals surface area contributed by atoms with Crippen LogP contribution in [0.2, 0.25) is 0 Å². The highest BCUT2D eigenvalue weighted by molar-refractivity contribution is 5.68. The summed E-state index contributed by atoms with van der Waals surface area (Å²) < 4.78 is 5.56. The van der Waals surface area contributed by atoms with Gasteiger partial charge in [0.05, 0.1) is 12.2 Å². The largest absolute Gasteiger partial charge is 0.480 e. The summed E-state index contributed by atoms with van der Waals surface area (Å²) in [5.41, 5.74) is 1.90. The van der Waals surface area contributed by atoms with Crippen molar-refractivity contribution in [3.05, 3.63) is 11.6 Å². The zero-order chi connectivity index (χ0) is 20.5. The SMILES string of the molecule is CC12CC[C@@H](OCC(=O)O)C=C1CCC1C2CCC2(C)C(O)CCC12.CCC. The van der Waals surface area contributed by atoms with Gasteiger partial charge in [-0.1, -0.05) is 45.8 Å². The number of allylic oxidation sites excluding steroid dienone is 1. The number of carboxylic acids is 1. The van der Waals surface area contributed by atoms with Crippen molar-refractivity contribution >= 4 is 5.97 Å². The summed E-state index contributed by atoms with van der Waals surface area (Å²) in [5.74, 6) is 1.26. The van der Waals surface area contributed by atoms with Gasteiger partial charge < -0.3 is 14.9 Å². The lowest BCUT2D eigenvalue weighted by Gasteiger charge is -2.58. The molecule has 2 N–H and O–H groups in total. The third-order valence-corrected chi connectivity index (χ3v) is 8.44. The quantitative estimate of drug-likeness (QED) is 0.648. The molecular formula is C24H40O4. The van der Waals surface area contributed by atoms with E-state index < -0.39 is 5.97 Å². The van der Waals surface area contributed by atoms with Gasteiger partial charge in [-0.25, -0.2) is 4.79 Å². The van der Waals surface area contributed by atoms with E-state index >= 15 is 0 Å². The van der Waals surface area contributed by atoms with E-state index in [1.54, 1.807) is 0 Å². The van der Waals surface area contributed by atoms with Crippen LogP contribution in [0.3, 0.4) is 0 Å². The van der Waals surface area contributed by atoms with Crippen LogP contribution in [0.15, 0.2) is 11.6 Å². The molecule has 6 unspecified atom stereocenters.